The Hall–Kier alpha value is -0.0800. The Morgan fingerprint density at radius 1 is 1.43 bits per heavy atom. The first-order valence-electron chi connectivity index (χ1n) is 1.66. The molecule has 1 aliphatic heterocycles. The molecule has 7 heavy (non-hydrogen) atoms. The first-order chi connectivity index (χ1) is 3.21. The van der Waals surface area contributed by atoms with E-state index in [0.29, 0.717) is 0 Å². The van der Waals surface area contributed by atoms with Crippen LogP contribution in [0.3, 0.4) is 0 Å². The molecule has 0 unspecified atom stereocenters. The van der Waals surface area contributed by atoms with Crippen molar-refractivity contribution < 1.29 is 0 Å². The van der Waals surface area contributed by atoms with Crippen LogP contribution in [-0.4, -0.2) is 17.0 Å². The molecule has 0 saturated carbocycles. The van der Waals surface area contributed by atoms with Crippen molar-refractivity contribution in [2.24, 2.45) is 9.98 Å². The second-order valence-electron chi connectivity index (χ2n) is 1.11. The van der Waals surface area contributed by atoms with Crippen LogP contribution in [0.2, 0.25) is 0 Å². The topological polar surface area (TPSA) is 24.7 Å². The van der Waals surface area contributed by atoms with Gasteiger partial charge in [0.2, 0.25) is 4.46 Å². The van der Waals surface area contributed by atoms with Gasteiger partial charge < -0.3 is 0 Å². The lowest BCUT2D eigenvalue weighted by atomic mass is 10.7. The quantitative estimate of drug-likeness (QED) is 0.354. The maximum Gasteiger partial charge on any atom is 0.245 e. The number of rotatable bonds is 0. The van der Waals surface area contributed by atoms with Crippen molar-refractivity contribution in [3.8, 4) is 0 Å². The summed E-state index contributed by atoms with van der Waals surface area (Å²) in [6.45, 7) is 0. The van der Waals surface area contributed by atoms with Crippen molar-refractivity contribution in [2.45, 2.75) is 4.46 Å². The summed E-state index contributed by atoms with van der Waals surface area (Å²) in [5.74, 6) is 0. The standard InChI is InChI=1S/C3H2Cl2N2/c4-3(5)1-6-2-7-3/h1-2H. The molecule has 0 fully saturated rings. The molecular formula is C3H2Cl2N2. The summed E-state index contributed by atoms with van der Waals surface area (Å²) < 4.78 is -1.08. The van der Waals surface area contributed by atoms with E-state index in [1.165, 1.54) is 12.6 Å². The van der Waals surface area contributed by atoms with Crippen molar-refractivity contribution in [2.75, 3.05) is 0 Å². The maximum atomic E-state index is 5.39. The second-order valence-corrected chi connectivity index (χ2v) is 2.46. The minimum absolute atomic E-state index is 1.08. The molecule has 0 aromatic rings. The fourth-order valence-electron chi connectivity index (χ4n) is 0.267. The van der Waals surface area contributed by atoms with Gasteiger partial charge in [0, 0.05) is 0 Å². The molecule has 1 aliphatic rings. The Kier molecular flexibility index (Phi) is 1.05. The van der Waals surface area contributed by atoms with Crippen molar-refractivity contribution in [3.63, 3.8) is 0 Å². The van der Waals surface area contributed by atoms with Gasteiger partial charge in [0.1, 0.15) is 6.34 Å². The van der Waals surface area contributed by atoms with E-state index in [0.717, 1.165) is 0 Å². The van der Waals surface area contributed by atoms with Gasteiger partial charge in [0.15, 0.2) is 0 Å². The summed E-state index contributed by atoms with van der Waals surface area (Å²) in [7, 11) is 0. The molecular weight excluding hydrogens is 135 g/mol. The van der Waals surface area contributed by atoms with Crippen LogP contribution in [0.25, 0.3) is 0 Å². The third-order valence-corrected chi connectivity index (χ3v) is 0.917. The van der Waals surface area contributed by atoms with Crippen LogP contribution in [0.5, 0.6) is 0 Å². The minimum Gasteiger partial charge on any atom is -0.244 e. The highest BCUT2D eigenvalue weighted by Crippen LogP contribution is 2.21. The van der Waals surface area contributed by atoms with E-state index < -0.39 is 4.46 Å². The lowest BCUT2D eigenvalue weighted by molar-refractivity contribution is 1.16. The Labute approximate surface area is 50.9 Å². The summed E-state index contributed by atoms with van der Waals surface area (Å²) in [6, 6.07) is 0. The van der Waals surface area contributed by atoms with Crippen LogP contribution in [0.15, 0.2) is 9.98 Å². The number of hydrogen-bond donors (Lipinski definition) is 0. The smallest absolute Gasteiger partial charge is 0.244 e. The van der Waals surface area contributed by atoms with Crippen molar-refractivity contribution >= 4 is 35.8 Å². The molecule has 1 rings (SSSR count). The van der Waals surface area contributed by atoms with Gasteiger partial charge in [0.05, 0.1) is 6.21 Å². The predicted octanol–water partition coefficient (Wildman–Crippen LogP) is 1.23. The largest absolute Gasteiger partial charge is 0.245 e. The van der Waals surface area contributed by atoms with Crippen molar-refractivity contribution in [3.05, 3.63) is 0 Å². The van der Waals surface area contributed by atoms with E-state index in [4.69, 9.17) is 23.2 Å². The number of alkyl halides is 2. The first kappa shape index (κ1) is 5.06. The van der Waals surface area contributed by atoms with Crippen molar-refractivity contribution in [1.82, 2.24) is 0 Å². The fraction of sp³-hybridized carbons (Fsp3) is 0.333. The van der Waals surface area contributed by atoms with Crippen LogP contribution < -0.4 is 0 Å². The third-order valence-electron chi connectivity index (χ3n) is 0.526. The zero-order valence-corrected chi connectivity index (χ0v) is 4.82. The molecule has 0 radical (unpaired) electrons. The fourth-order valence-corrected chi connectivity index (χ4v) is 0.467. The molecule has 0 atom stereocenters. The summed E-state index contributed by atoms with van der Waals surface area (Å²) >= 11 is 10.8. The average molecular weight is 137 g/mol. The Balaban J connectivity index is 2.77. The highest BCUT2D eigenvalue weighted by molar-refractivity contribution is 6.56. The summed E-state index contributed by atoms with van der Waals surface area (Å²) in [4.78, 5) is 7.11. The molecule has 0 amide bonds. The van der Waals surface area contributed by atoms with Gasteiger partial charge >= 0.3 is 0 Å². The second kappa shape index (κ2) is 1.46. The molecule has 0 bridgehead atoms. The normalized spacial score (nSPS) is 23.7. The highest BCUT2D eigenvalue weighted by atomic mass is 35.5. The molecule has 4 heteroatoms. The first-order valence-corrected chi connectivity index (χ1v) is 2.42. The minimum atomic E-state index is -1.08. The Morgan fingerprint density at radius 2 is 2.14 bits per heavy atom. The lowest BCUT2D eigenvalue weighted by Gasteiger charge is -1.97. The Bertz CT molecular complexity index is 113. The molecule has 0 spiro atoms. The van der Waals surface area contributed by atoms with Gasteiger partial charge in [-0.05, 0) is 0 Å². The third kappa shape index (κ3) is 1.14. The van der Waals surface area contributed by atoms with Crippen LogP contribution in [-0.2, 0) is 0 Å². The average Bonchev–Trinajstić information content (AvgIpc) is 1.84. The van der Waals surface area contributed by atoms with Crippen LogP contribution >= 0.6 is 23.2 Å². The predicted molar refractivity (Wildman–Crippen MR) is 31.4 cm³/mol. The SMILES string of the molecule is ClC1(Cl)C=NC=N1. The van der Waals surface area contributed by atoms with E-state index in [-0.39, 0.29) is 0 Å². The van der Waals surface area contributed by atoms with E-state index in [1.54, 1.807) is 0 Å². The molecule has 0 N–H and O–H groups in total. The van der Waals surface area contributed by atoms with Crippen molar-refractivity contribution in [1.29, 1.82) is 0 Å². The Morgan fingerprint density at radius 3 is 2.29 bits per heavy atom. The van der Waals surface area contributed by atoms with Gasteiger partial charge in [-0.15, -0.1) is 0 Å². The van der Waals surface area contributed by atoms with Gasteiger partial charge in [0.25, 0.3) is 0 Å². The molecule has 0 aromatic carbocycles. The number of nitrogens with zero attached hydrogens (tertiary/aromatic N) is 2. The van der Waals surface area contributed by atoms with Crippen LogP contribution in [0, 0.1) is 0 Å². The van der Waals surface area contributed by atoms with Gasteiger partial charge in [-0.25, -0.2) is 9.98 Å². The molecule has 2 nitrogen and oxygen atoms in total. The zero-order valence-electron chi connectivity index (χ0n) is 3.31. The molecule has 0 aliphatic carbocycles. The lowest BCUT2D eigenvalue weighted by Crippen LogP contribution is -2.04. The van der Waals surface area contributed by atoms with Crippen LogP contribution in [0.1, 0.15) is 0 Å². The summed E-state index contributed by atoms with van der Waals surface area (Å²) in [6.07, 6.45) is 2.68. The summed E-state index contributed by atoms with van der Waals surface area (Å²) in [5, 5.41) is 0. The number of hydrogen-bond acceptors (Lipinski definition) is 2. The van der Waals surface area contributed by atoms with Gasteiger partial charge in [-0.1, -0.05) is 23.2 Å². The molecule has 38 valence electrons. The number of halogens is 2. The molecule has 0 saturated heterocycles. The van der Waals surface area contributed by atoms with Crippen LogP contribution in [0.4, 0.5) is 0 Å². The van der Waals surface area contributed by atoms with E-state index in [2.05, 4.69) is 9.98 Å². The van der Waals surface area contributed by atoms with E-state index in [9.17, 15) is 0 Å². The van der Waals surface area contributed by atoms with E-state index >= 15 is 0 Å². The molecule has 0 aromatic heterocycles. The number of aliphatic imine (C=N–C) groups is 2. The monoisotopic (exact) mass is 136 g/mol. The van der Waals surface area contributed by atoms with Gasteiger partial charge in [-0.2, -0.15) is 0 Å². The highest BCUT2D eigenvalue weighted by Gasteiger charge is 2.20. The van der Waals surface area contributed by atoms with Gasteiger partial charge in [-0.3, -0.25) is 0 Å². The maximum absolute atomic E-state index is 5.39. The van der Waals surface area contributed by atoms with E-state index in [1.807, 2.05) is 0 Å². The summed E-state index contributed by atoms with van der Waals surface area (Å²) in [5.41, 5.74) is 0. The molecule has 1 heterocycles. The zero-order chi connectivity index (χ0) is 5.33.